The number of rotatable bonds is 5. The van der Waals surface area contributed by atoms with Gasteiger partial charge in [-0.3, -0.25) is 4.90 Å². The molecule has 3 heterocycles. The molecule has 0 bridgehead atoms. The number of carbonyl (C=O) groups excluding carboxylic acids is 1. The summed E-state index contributed by atoms with van der Waals surface area (Å²) in [5.74, 6) is 1.97. The second-order valence-electron chi connectivity index (χ2n) is 7.96. The molecule has 1 saturated carbocycles. The average Bonchev–Trinajstić information content (AvgIpc) is 3.52. The average molecular weight is 358 g/mol. The molecule has 3 aliphatic rings. The number of nitrogens with one attached hydrogen (secondary N) is 1. The van der Waals surface area contributed by atoms with Crippen molar-refractivity contribution in [1.82, 2.24) is 20.1 Å². The van der Waals surface area contributed by atoms with E-state index in [1.54, 1.807) is 0 Å². The van der Waals surface area contributed by atoms with Gasteiger partial charge >= 0.3 is 6.03 Å². The molecule has 3 fully saturated rings. The number of nitrogens with zero attached hydrogens (tertiary/aromatic N) is 4. The standard InChI is InChI=1S/C20H31N5O/c26-20(25-12-10-23(11-13-25)16-17-4-5-17)22-15-18-6-7-21-19(14-18)24-8-2-1-3-9-24/h6-7,14,17H,1-5,8-13,15-16H2,(H,22,26). The molecular formula is C20H31N5O. The van der Waals surface area contributed by atoms with E-state index in [-0.39, 0.29) is 6.03 Å². The van der Waals surface area contributed by atoms with Gasteiger partial charge in [0.15, 0.2) is 0 Å². The lowest BCUT2D eigenvalue weighted by Gasteiger charge is -2.34. The van der Waals surface area contributed by atoms with E-state index in [1.165, 1.54) is 38.6 Å². The molecule has 26 heavy (non-hydrogen) atoms. The Labute approximate surface area is 156 Å². The SMILES string of the molecule is O=C(NCc1ccnc(N2CCCCC2)c1)N1CCN(CC2CC2)CC1. The maximum absolute atomic E-state index is 12.5. The Bertz CT molecular complexity index is 604. The number of carbonyl (C=O) groups is 1. The van der Waals surface area contributed by atoms with Crippen LogP contribution in [0.25, 0.3) is 0 Å². The van der Waals surface area contributed by atoms with Crippen LogP contribution in [0.15, 0.2) is 18.3 Å². The number of hydrogen-bond donors (Lipinski definition) is 1. The van der Waals surface area contributed by atoms with E-state index in [4.69, 9.17) is 0 Å². The van der Waals surface area contributed by atoms with Gasteiger partial charge in [0, 0.05) is 58.6 Å². The highest BCUT2D eigenvalue weighted by Gasteiger charge is 2.27. The molecule has 1 aromatic rings. The predicted octanol–water partition coefficient (Wildman–Crippen LogP) is 2.31. The van der Waals surface area contributed by atoms with Crippen molar-refractivity contribution in [2.75, 3.05) is 50.7 Å². The largest absolute Gasteiger partial charge is 0.357 e. The second-order valence-corrected chi connectivity index (χ2v) is 7.96. The summed E-state index contributed by atoms with van der Waals surface area (Å²) in [5, 5.41) is 3.09. The molecule has 2 aliphatic heterocycles. The molecule has 0 spiro atoms. The fraction of sp³-hybridized carbons (Fsp3) is 0.700. The topological polar surface area (TPSA) is 51.7 Å². The first kappa shape index (κ1) is 17.6. The summed E-state index contributed by atoms with van der Waals surface area (Å²) < 4.78 is 0. The van der Waals surface area contributed by atoms with Crippen LogP contribution in [0.2, 0.25) is 0 Å². The first-order chi connectivity index (χ1) is 12.8. The number of amides is 2. The van der Waals surface area contributed by atoms with E-state index in [1.807, 2.05) is 17.2 Å². The Morgan fingerprint density at radius 3 is 2.58 bits per heavy atom. The molecule has 1 aromatic heterocycles. The number of anilines is 1. The first-order valence-corrected chi connectivity index (χ1v) is 10.2. The number of pyridine rings is 1. The minimum atomic E-state index is 0.0624. The second kappa shape index (κ2) is 8.25. The zero-order valence-electron chi connectivity index (χ0n) is 15.7. The summed E-state index contributed by atoms with van der Waals surface area (Å²) in [5.41, 5.74) is 1.13. The lowest BCUT2D eigenvalue weighted by atomic mass is 10.1. The highest BCUT2D eigenvalue weighted by atomic mass is 16.2. The van der Waals surface area contributed by atoms with Crippen LogP contribution >= 0.6 is 0 Å². The van der Waals surface area contributed by atoms with Gasteiger partial charge in [0.1, 0.15) is 5.82 Å². The summed E-state index contributed by atoms with van der Waals surface area (Å²) in [6.45, 7) is 7.69. The molecule has 6 heteroatoms. The van der Waals surface area contributed by atoms with Gasteiger partial charge in [0.2, 0.25) is 0 Å². The third-order valence-corrected chi connectivity index (χ3v) is 5.81. The lowest BCUT2D eigenvalue weighted by molar-refractivity contribution is 0.136. The van der Waals surface area contributed by atoms with Gasteiger partial charge in [-0.2, -0.15) is 0 Å². The van der Waals surface area contributed by atoms with Gasteiger partial charge < -0.3 is 15.1 Å². The summed E-state index contributed by atoms with van der Waals surface area (Å²) in [4.78, 5) is 23.8. The van der Waals surface area contributed by atoms with Crippen LogP contribution in [0.5, 0.6) is 0 Å². The number of aromatic nitrogens is 1. The van der Waals surface area contributed by atoms with Crippen molar-refractivity contribution < 1.29 is 4.79 Å². The lowest BCUT2D eigenvalue weighted by Crippen LogP contribution is -2.51. The van der Waals surface area contributed by atoms with Crippen LogP contribution < -0.4 is 10.2 Å². The van der Waals surface area contributed by atoms with Crippen molar-refractivity contribution in [1.29, 1.82) is 0 Å². The number of piperidine rings is 1. The highest BCUT2D eigenvalue weighted by Crippen LogP contribution is 2.29. The third kappa shape index (κ3) is 4.67. The Morgan fingerprint density at radius 1 is 1.08 bits per heavy atom. The predicted molar refractivity (Wildman–Crippen MR) is 103 cm³/mol. The number of piperazine rings is 1. The smallest absolute Gasteiger partial charge is 0.317 e. The molecule has 2 saturated heterocycles. The van der Waals surface area contributed by atoms with E-state index < -0.39 is 0 Å². The van der Waals surface area contributed by atoms with Crippen molar-refractivity contribution in [2.24, 2.45) is 5.92 Å². The molecule has 1 aliphatic carbocycles. The van der Waals surface area contributed by atoms with Gasteiger partial charge in [-0.1, -0.05) is 0 Å². The van der Waals surface area contributed by atoms with E-state index in [2.05, 4.69) is 26.2 Å². The highest BCUT2D eigenvalue weighted by molar-refractivity contribution is 5.74. The Kier molecular flexibility index (Phi) is 5.58. The molecule has 4 rings (SSSR count). The van der Waals surface area contributed by atoms with Crippen molar-refractivity contribution >= 4 is 11.8 Å². The van der Waals surface area contributed by atoms with Crippen LogP contribution in [0.1, 0.15) is 37.7 Å². The van der Waals surface area contributed by atoms with Crippen LogP contribution in [0, 0.1) is 5.92 Å². The summed E-state index contributed by atoms with van der Waals surface area (Å²) in [6.07, 6.45) is 8.46. The molecule has 6 nitrogen and oxygen atoms in total. The molecular weight excluding hydrogens is 326 g/mol. The van der Waals surface area contributed by atoms with Crippen LogP contribution in [-0.2, 0) is 6.54 Å². The minimum Gasteiger partial charge on any atom is -0.357 e. The molecule has 1 N–H and O–H groups in total. The summed E-state index contributed by atoms with van der Waals surface area (Å²) in [6, 6.07) is 4.19. The Hall–Kier alpha value is -1.82. The monoisotopic (exact) mass is 357 g/mol. The Balaban J connectivity index is 1.24. The van der Waals surface area contributed by atoms with Crippen LogP contribution in [-0.4, -0.2) is 66.6 Å². The van der Waals surface area contributed by atoms with E-state index in [0.717, 1.165) is 56.6 Å². The first-order valence-electron chi connectivity index (χ1n) is 10.2. The van der Waals surface area contributed by atoms with Crippen molar-refractivity contribution in [3.05, 3.63) is 23.9 Å². The zero-order valence-corrected chi connectivity index (χ0v) is 15.7. The van der Waals surface area contributed by atoms with Crippen molar-refractivity contribution in [3.63, 3.8) is 0 Å². The maximum atomic E-state index is 12.5. The zero-order chi connectivity index (χ0) is 17.8. The van der Waals surface area contributed by atoms with Crippen LogP contribution in [0.3, 0.4) is 0 Å². The molecule has 2 amide bonds. The van der Waals surface area contributed by atoms with Gasteiger partial charge in [-0.25, -0.2) is 9.78 Å². The third-order valence-electron chi connectivity index (χ3n) is 5.81. The van der Waals surface area contributed by atoms with E-state index in [9.17, 15) is 4.79 Å². The van der Waals surface area contributed by atoms with E-state index >= 15 is 0 Å². The number of hydrogen-bond acceptors (Lipinski definition) is 4. The van der Waals surface area contributed by atoms with Gasteiger partial charge in [-0.05, 0) is 55.7 Å². The minimum absolute atomic E-state index is 0.0624. The van der Waals surface area contributed by atoms with E-state index in [0.29, 0.717) is 6.54 Å². The molecule has 0 aromatic carbocycles. The molecule has 142 valence electrons. The summed E-state index contributed by atoms with van der Waals surface area (Å²) in [7, 11) is 0. The maximum Gasteiger partial charge on any atom is 0.317 e. The molecule has 0 atom stereocenters. The van der Waals surface area contributed by atoms with Crippen LogP contribution in [0.4, 0.5) is 10.6 Å². The Morgan fingerprint density at radius 2 is 1.85 bits per heavy atom. The molecule has 0 radical (unpaired) electrons. The van der Waals surface area contributed by atoms with Crippen molar-refractivity contribution in [2.45, 2.75) is 38.6 Å². The molecule has 0 unspecified atom stereocenters. The fourth-order valence-electron chi connectivity index (χ4n) is 3.96. The van der Waals surface area contributed by atoms with Gasteiger partial charge in [-0.15, -0.1) is 0 Å². The van der Waals surface area contributed by atoms with Crippen molar-refractivity contribution in [3.8, 4) is 0 Å². The van der Waals surface area contributed by atoms with Gasteiger partial charge in [0.05, 0.1) is 0 Å². The fourth-order valence-corrected chi connectivity index (χ4v) is 3.96. The normalized spacial score (nSPS) is 21.7. The van der Waals surface area contributed by atoms with Gasteiger partial charge in [0.25, 0.3) is 0 Å². The number of urea groups is 1. The quantitative estimate of drug-likeness (QED) is 0.879. The summed E-state index contributed by atoms with van der Waals surface area (Å²) >= 11 is 0.